The van der Waals surface area contributed by atoms with E-state index in [9.17, 15) is 4.79 Å². The number of amides is 1. The van der Waals surface area contributed by atoms with Gasteiger partial charge in [-0.2, -0.15) is 0 Å². The van der Waals surface area contributed by atoms with Crippen LogP contribution in [0, 0.1) is 5.92 Å². The molecular formula is C11H22N2O2. The summed E-state index contributed by atoms with van der Waals surface area (Å²) in [5.74, 6) is 0.271. The number of nitrogens with two attached hydrogens (primary N) is 1. The van der Waals surface area contributed by atoms with Crippen LogP contribution in [0.3, 0.4) is 0 Å². The van der Waals surface area contributed by atoms with Crippen LogP contribution >= 0.6 is 0 Å². The lowest BCUT2D eigenvalue weighted by atomic mass is 9.95. The summed E-state index contributed by atoms with van der Waals surface area (Å²) >= 11 is 0. The predicted molar refractivity (Wildman–Crippen MR) is 59.4 cm³/mol. The van der Waals surface area contributed by atoms with Crippen molar-refractivity contribution in [2.75, 3.05) is 19.8 Å². The molecule has 3 N–H and O–H groups in total. The van der Waals surface area contributed by atoms with Gasteiger partial charge in [-0.1, -0.05) is 0 Å². The van der Waals surface area contributed by atoms with Gasteiger partial charge in [-0.25, -0.2) is 0 Å². The van der Waals surface area contributed by atoms with Crippen LogP contribution in [0.2, 0.25) is 0 Å². The summed E-state index contributed by atoms with van der Waals surface area (Å²) in [6, 6.07) is 0. The third kappa shape index (κ3) is 4.18. The minimum absolute atomic E-state index is 0.121. The van der Waals surface area contributed by atoms with Crippen molar-refractivity contribution < 1.29 is 9.53 Å². The molecule has 0 aliphatic carbocycles. The molecule has 1 saturated heterocycles. The van der Waals surface area contributed by atoms with Crippen molar-refractivity contribution in [1.29, 1.82) is 0 Å². The van der Waals surface area contributed by atoms with Gasteiger partial charge in [0, 0.05) is 24.7 Å². The van der Waals surface area contributed by atoms with Crippen LogP contribution in [-0.4, -0.2) is 31.2 Å². The molecule has 1 heterocycles. The highest BCUT2D eigenvalue weighted by atomic mass is 16.5. The van der Waals surface area contributed by atoms with Crippen molar-refractivity contribution in [3.63, 3.8) is 0 Å². The summed E-state index contributed by atoms with van der Waals surface area (Å²) in [5, 5.41) is 3.05. The monoisotopic (exact) mass is 214 g/mol. The van der Waals surface area contributed by atoms with E-state index in [4.69, 9.17) is 10.5 Å². The normalized spacial score (nSPS) is 18.9. The number of carbonyl (C=O) groups is 1. The fraction of sp³-hybridized carbons (Fsp3) is 0.909. The van der Waals surface area contributed by atoms with Gasteiger partial charge in [0.1, 0.15) is 0 Å². The Morgan fingerprint density at radius 1 is 1.47 bits per heavy atom. The molecule has 88 valence electrons. The Bertz CT molecular complexity index is 211. The maximum absolute atomic E-state index is 11.9. The SMILES string of the molecule is CC(C)(CCN)NC(=O)C1CCOCC1. The highest BCUT2D eigenvalue weighted by molar-refractivity contribution is 5.79. The Kier molecular flexibility index (Phi) is 4.54. The van der Waals surface area contributed by atoms with E-state index in [0.717, 1.165) is 19.3 Å². The summed E-state index contributed by atoms with van der Waals surface area (Å²) < 4.78 is 5.23. The molecule has 15 heavy (non-hydrogen) atoms. The first-order chi connectivity index (χ1) is 7.05. The number of hydrogen-bond acceptors (Lipinski definition) is 3. The molecule has 0 radical (unpaired) electrons. The molecule has 1 rings (SSSR count). The quantitative estimate of drug-likeness (QED) is 0.722. The Balaban J connectivity index is 2.39. The summed E-state index contributed by atoms with van der Waals surface area (Å²) in [5.41, 5.74) is 5.31. The number of ether oxygens (including phenoxy) is 1. The Morgan fingerprint density at radius 3 is 2.60 bits per heavy atom. The third-order valence-corrected chi connectivity index (χ3v) is 2.82. The van der Waals surface area contributed by atoms with Gasteiger partial charge in [-0.05, 0) is 39.7 Å². The second-order valence-electron chi connectivity index (χ2n) is 4.80. The van der Waals surface area contributed by atoms with Gasteiger partial charge in [0.25, 0.3) is 0 Å². The fourth-order valence-corrected chi connectivity index (χ4v) is 1.82. The van der Waals surface area contributed by atoms with Gasteiger partial charge >= 0.3 is 0 Å². The molecule has 4 nitrogen and oxygen atoms in total. The van der Waals surface area contributed by atoms with Crippen molar-refractivity contribution >= 4 is 5.91 Å². The van der Waals surface area contributed by atoms with Crippen LogP contribution in [0.25, 0.3) is 0 Å². The van der Waals surface area contributed by atoms with E-state index in [1.807, 2.05) is 13.8 Å². The number of carbonyl (C=O) groups excluding carboxylic acids is 1. The van der Waals surface area contributed by atoms with E-state index in [0.29, 0.717) is 19.8 Å². The molecule has 0 spiro atoms. The van der Waals surface area contributed by atoms with Gasteiger partial charge in [0.2, 0.25) is 5.91 Å². The van der Waals surface area contributed by atoms with E-state index in [1.165, 1.54) is 0 Å². The van der Waals surface area contributed by atoms with E-state index in [2.05, 4.69) is 5.32 Å². The molecule has 4 heteroatoms. The molecule has 1 aliphatic heterocycles. The predicted octanol–water partition coefficient (Wildman–Crippen LogP) is 0.657. The van der Waals surface area contributed by atoms with Gasteiger partial charge < -0.3 is 15.8 Å². The fourth-order valence-electron chi connectivity index (χ4n) is 1.82. The van der Waals surface area contributed by atoms with Gasteiger partial charge in [-0.15, -0.1) is 0 Å². The van der Waals surface area contributed by atoms with Crippen molar-refractivity contribution in [3.05, 3.63) is 0 Å². The zero-order valence-corrected chi connectivity index (χ0v) is 9.71. The van der Waals surface area contributed by atoms with Gasteiger partial charge in [0.15, 0.2) is 0 Å². The van der Waals surface area contributed by atoms with Crippen molar-refractivity contribution in [3.8, 4) is 0 Å². The van der Waals surface area contributed by atoms with Crippen LogP contribution in [0.5, 0.6) is 0 Å². The maximum atomic E-state index is 11.9. The van der Waals surface area contributed by atoms with Gasteiger partial charge in [-0.3, -0.25) is 4.79 Å². The van der Waals surface area contributed by atoms with E-state index in [-0.39, 0.29) is 17.4 Å². The second-order valence-corrected chi connectivity index (χ2v) is 4.80. The topological polar surface area (TPSA) is 64.3 Å². The number of hydrogen-bond donors (Lipinski definition) is 2. The molecule has 0 unspecified atom stereocenters. The van der Waals surface area contributed by atoms with Crippen LogP contribution in [-0.2, 0) is 9.53 Å². The zero-order chi connectivity index (χ0) is 11.3. The molecule has 0 aromatic carbocycles. The average molecular weight is 214 g/mol. The summed E-state index contributed by atoms with van der Waals surface area (Å²) in [7, 11) is 0. The first kappa shape index (κ1) is 12.5. The first-order valence-electron chi connectivity index (χ1n) is 5.65. The molecule has 0 atom stereocenters. The molecular weight excluding hydrogens is 192 g/mol. The lowest BCUT2D eigenvalue weighted by molar-refractivity contribution is -0.129. The lowest BCUT2D eigenvalue weighted by Gasteiger charge is -2.29. The average Bonchev–Trinajstić information content (AvgIpc) is 2.18. The Labute approximate surface area is 91.5 Å². The molecule has 0 aromatic rings. The van der Waals surface area contributed by atoms with Crippen LogP contribution in [0.4, 0.5) is 0 Å². The van der Waals surface area contributed by atoms with Gasteiger partial charge in [0.05, 0.1) is 0 Å². The number of rotatable bonds is 4. The molecule has 1 amide bonds. The van der Waals surface area contributed by atoms with Crippen molar-refractivity contribution in [2.45, 2.75) is 38.6 Å². The minimum Gasteiger partial charge on any atom is -0.381 e. The second kappa shape index (κ2) is 5.47. The smallest absolute Gasteiger partial charge is 0.223 e. The Morgan fingerprint density at radius 2 is 2.07 bits per heavy atom. The molecule has 0 aromatic heterocycles. The van der Waals surface area contributed by atoms with Crippen molar-refractivity contribution in [1.82, 2.24) is 5.32 Å². The standard InChI is InChI=1S/C11H22N2O2/c1-11(2,5-6-12)13-10(14)9-3-7-15-8-4-9/h9H,3-8,12H2,1-2H3,(H,13,14). The van der Waals surface area contributed by atoms with E-state index >= 15 is 0 Å². The Hall–Kier alpha value is -0.610. The van der Waals surface area contributed by atoms with E-state index in [1.54, 1.807) is 0 Å². The summed E-state index contributed by atoms with van der Waals surface area (Å²) in [6.45, 7) is 6.03. The minimum atomic E-state index is -0.190. The van der Waals surface area contributed by atoms with E-state index < -0.39 is 0 Å². The number of nitrogens with one attached hydrogen (secondary N) is 1. The van der Waals surface area contributed by atoms with Crippen molar-refractivity contribution in [2.24, 2.45) is 11.7 Å². The first-order valence-corrected chi connectivity index (χ1v) is 5.65. The van der Waals surface area contributed by atoms with Crippen LogP contribution in [0.15, 0.2) is 0 Å². The summed E-state index contributed by atoms with van der Waals surface area (Å²) in [6.07, 6.45) is 2.48. The zero-order valence-electron chi connectivity index (χ0n) is 9.71. The molecule has 0 bridgehead atoms. The third-order valence-electron chi connectivity index (χ3n) is 2.82. The van der Waals surface area contributed by atoms with Crippen LogP contribution in [0.1, 0.15) is 33.1 Å². The molecule has 1 fully saturated rings. The summed E-state index contributed by atoms with van der Waals surface area (Å²) in [4.78, 5) is 11.9. The molecule has 1 aliphatic rings. The lowest BCUT2D eigenvalue weighted by Crippen LogP contribution is -2.48. The maximum Gasteiger partial charge on any atom is 0.223 e. The molecule has 0 saturated carbocycles. The highest BCUT2D eigenvalue weighted by Gasteiger charge is 2.26. The highest BCUT2D eigenvalue weighted by Crippen LogP contribution is 2.17. The van der Waals surface area contributed by atoms with Crippen LogP contribution < -0.4 is 11.1 Å². The largest absolute Gasteiger partial charge is 0.381 e.